The van der Waals surface area contributed by atoms with Gasteiger partial charge in [0.2, 0.25) is 5.91 Å². The lowest BCUT2D eigenvalue weighted by Gasteiger charge is -2.28. The van der Waals surface area contributed by atoms with Crippen LogP contribution in [-0.4, -0.2) is 49.1 Å². The normalized spacial score (nSPS) is 11.8. The summed E-state index contributed by atoms with van der Waals surface area (Å²) in [5.41, 5.74) is 0.730. The summed E-state index contributed by atoms with van der Waals surface area (Å²) in [6, 6.07) is 10.1. The summed E-state index contributed by atoms with van der Waals surface area (Å²) in [6.45, 7) is 7.70. The van der Waals surface area contributed by atoms with E-state index in [1.165, 1.54) is 76.7 Å². The van der Waals surface area contributed by atoms with Crippen molar-refractivity contribution in [2.45, 2.75) is 123 Å². The highest BCUT2D eigenvalue weighted by Crippen LogP contribution is 2.34. The number of nitrogens with zero attached hydrogens (tertiary/aromatic N) is 2. The highest BCUT2D eigenvalue weighted by molar-refractivity contribution is 6.11. The molecule has 0 saturated carbocycles. The Kier molecular flexibility index (Phi) is 17.3. The van der Waals surface area contributed by atoms with Crippen molar-refractivity contribution in [3.63, 3.8) is 0 Å². The zero-order valence-electron chi connectivity index (χ0n) is 26.7. The van der Waals surface area contributed by atoms with Crippen molar-refractivity contribution < 1.29 is 22.8 Å². The van der Waals surface area contributed by atoms with Gasteiger partial charge >= 0.3 is 12.1 Å². The van der Waals surface area contributed by atoms with Gasteiger partial charge in [-0.25, -0.2) is 0 Å². The number of likely N-dealkylation sites (N-methyl/N-ethyl adjacent to an activating group) is 1. The third-order valence-corrected chi connectivity index (χ3v) is 8.25. The van der Waals surface area contributed by atoms with E-state index in [1.54, 1.807) is 30.3 Å². The van der Waals surface area contributed by atoms with Crippen molar-refractivity contribution in [3.8, 4) is 0 Å². The molecule has 43 heavy (non-hydrogen) atoms. The van der Waals surface area contributed by atoms with E-state index in [9.17, 15) is 22.8 Å². The molecule has 2 amide bonds. The molecule has 242 valence electrons. The van der Waals surface area contributed by atoms with Crippen LogP contribution in [0.2, 0.25) is 0 Å². The van der Waals surface area contributed by atoms with Crippen LogP contribution in [-0.2, 0) is 9.59 Å². The Labute approximate surface area is 257 Å². The van der Waals surface area contributed by atoms with Gasteiger partial charge in [0.15, 0.2) is 0 Å². The van der Waals surface area contributed by atoms with Crippen LogP contribution in [0, 0.1) is 0 Å². The summed E-state index contributed by atoms with van der Waals surface area (Å²) in [4.78, 5) is 28.0. The molecule has 0 bridgehead atoms. The summed E-state index contributed by atoms with van der Waals surface area (Å²) in [5, 5.41) is 4.06. The highest BCUT2D eigenvalue weighted by Gasteiger charge is 2.43. The lowest BCUT2D eigenvalue weighted by atomic mass is 10.0. The first-order valence-corrected chi connectivity index (χ1v) is 16.7. The smallest absolute Gasteiger partial charge is 0.326 e. The predicted molar refractivity (Wildman–Crippen MR) is 174 cm³/mol. The van der Waals surface area contributed by atoms with Gasteiger partial charge < -0.3 is 15.1 Å². The molecule has 0 atom stereocenters. The molecule has 2 rings (SSSR count). The standard InChI is InChI=1S/C35H54F3N3O2/c1-4-7-8-9-10-11-12-13-14-15-16-17-18-19-24-33(42)39-31-25-26-32(30-23-21-20-22-29(30)31)41(34(43)35(36,37)38)28-27-40(5-2)6-3/h20-23,25-26H,4-19,24,27-28H2,1-3H3,(H,39,42). The fourth-order valence-corrected chi connectivity index (χ4v) is 5.59. The predicted octanol–water partition coefficient (Wildman–Crippen LogP) is 9.89. The SMILES string of the molecule is CCCCCCCCCCCCCCCCC(=O)Nc1ccc(N(CCN(CC)CC)C(=O)C(F)(F)F)c2ccccc12. The molecule has 0 unspecified atom stereocenters. The fourth-order valence-electron chi connectivity index (χ4n) is 5.59. The number of rotatable bonds is 22. The van der Waals surface area contributed by atoms with Crippen LogP contribution in [0.5, 0.6) is 0 Å². The third kappa shape index (κ3) is 13.3. The lowest BCUT2D eigenvalue weighted by Crippen LogP contribution is -2.45. The molecule has 2 aromatic carbocycles. The summed E-state index contributed by atoms with van der Waals surface area (Å²) in [7, 11) is 0. The zero-order chi connectivity index (χ0) is 31.5. The van der Waals surface area contributed by atoms with Crippen LogP contribution >= 0.6 is 0 Å². The van der Waals surface area contributed by atoms with Gasteiger partial charge in [0.25, 0.3) is 0 Å². The van der Waals surface area contributed by atoms with E-state index in [1.807, 2.05) is 18.7 Å². The van der Waals surface area contributed by atoms with Gasteiger partial charge in [-0.15, -0.1) is 0 Å². The number of nitrogens with one attached hydrogen (secondary N) is 1. The second-order valence-electron chi connectivity index (χ2n) is 11.6. The monoisotopic (exact) mass is 605 g/mol. The van der Waals surface area contributed by atoms with Gasteiger partial charge in [0.1, 0.15) is 0 Å². The lowest BCUT2D eigenvalue weighted by molar-refractivity contribution is -0.170. The number of carbonyl (C=O) groups excluding carboxylic acids is 2. The van der Waals surface area contributed by atoms with Crippen molar-refractivity contribution >= 4 is 34.0 Å². The van der Waals surface area contributed by atoms with E-state index in [-0.39, 0.29) is 18.1 Å². The molecule has 0 saturated heterocycles. The molecule has 0 spiro atoms. The number of halogens is 3. The maximum atomic E-state index is 13.6. The van der Waals surface area contributed by atoms with Crippen molar-refractivity contribution in [1.29, 1.82) is 0 Å². The number of hydrogen-bond donors (Lipinski definition) is 1. The Hall–Kier alpha value is -2.61. The molecule has 0 aliphatic heterocycles. The molecule has 2 aromatic rings. The maximum absolute atomic E-state index is 13.6. The first kappa shape index (κ1) is 36.6. The quantitative estimate of drug-likeness (QED) is 0.136. The Bertz CT molecular complexity index is 1090. The van der Waals surface area contributed by atoms with Crippen LogP contribution in [0.3, 0.4) is 0 Å². The van der Waals surface area contributed by atoms with Crippen molar-refractivity contribution in [1.82, 2.24) is 4.90 Å². The number of fused-ring (bicyclic) bond motifs is 1. The van der Waals surface area contributed by atoms with E-state index >= 15 is 0 Å². The van der Waals surface area contributed by atoms with Gasteiger partial charge in [0, 0.05) is 36.0 Å². The fraction of sp³-hybridized carbons (Fsp3) is 0.657. The average molecular weight is 606 g/mol. The molecule has 0 fully saturated rings. The molecule has 0 aromatic heterocycles. The van der Waals surface area contributed by atoms with E-state index in [0.29, 0.717) is 42.5 Å². The van der Waals surface area contributed by atoms with E-state index in [0.717, 1.165) is 24.2 Å². The van der Waals surface area contributed by atoms with Crippen LogP contribution in [0.15, 0.2) is 36.4 Å². The Balaban J connectivity index is 1.87. The van der Waals surface area contributed by atoms with Crippen molar-refractivity contribution in [3.05, 3.63) is 36.4 Å². The van der Waals surface area contributed by atoms with Crippen molar-refractivity contribution in [2.75, 3.05) is 36.4 Å². The number of unbranched alkanes of at least 4 members (excludes halogenated alkanes) is 13. The Morgan fingerprint density at radius 1 is 0.674 bits per heavy atom. The zero-order valence-corrected chi connectivity index (χ0v) is 26.7. The number of hydrogen-bond acceptors (Lipinski definition) is 3. The average Bonchev–Trinajstić information content (AvgIpc) is 2.99. The summed E-state index contributed by atoms with van der Waals surface area (Å²) in [5.74, 6) is -2.00. The van der Waals surface area contributed by atoms with E-state index < -0.39 is 12.1 Å². The largest absolute Gasteiger partial charge is 0.471 e. The van der Waals surface area contributed by atoms with Gasteiger partial charge in [-0.3, -0.25) is 9.59 Å². The van der Waals surface area contributed by atoms with Gasteiger partial charge in [-0.05, 0) is 31.6 Å². The first-order valence-electron chi connectivity index (χ1n) is 16.7. The number of amides is 2. The second kappa shape index (κ2) is 20.4. The highest BCUT2D eigenvalue weighted by atomic mass is 19.4. The minimum absolute atomic E-state index is 0.0884. The third-order valence-electron chi connectivity index (χ3n) is 8.25. The molecular weight excluding hydrogens is 551 g/mol. The van der Waals surface area contributed by atoms with E-state index in [4.69, 9.17) is 0 Å². The minimum Gasteiger partial charge on any atom is -0.326 e. The molecule has 0 radical (unpaired) electrons. The molecule has 1 N–H and O–H groups in total. The van der Waals surface area contributed by atoms with Crippen LogP contribution in [0.4, 0.5) is 24.5 Å². The minimum atomic E-state index is -5.00. The van der Waals surface area contributed by atoms with Crippen LogP contribution < -0.4 is 10.2 Å². The Morgan fingerprint density at radius 3 is 1.70 bits per heavy atom. The second-order valence-corrected chi connectivity index (χ2v) is 11.6. The van der Waals surface area contributed by atoms with Crippen LogP contribution in [0.1, 0.15) is 117 Å². The molecule has 5 nitrogen and oxygen atoms in total. The summed E-state index contributed by atoms with van der Waals surface area (Å²) >= 11 is 0. The number of benzene rings is 2. The Morgan fingerprint density at radius 2 is 1.19 bits per heavy atom. The summed E-state index contributed by atoms with van der Waals surface area (Å²) < 4.78 is 40.8. The molecule has 0 aliphatic carbocycles. The van der Waals surface area contributed by atoms with Gasteiger partial charge in [-0.1, -0.05) is 129 Å². The molecule has 0 aliphatic rings. The number of alkyl halides is 3. The van der Waals surface area contributed by atoms with Crippen molar-refractivity contribution in [2.24, 2.45) is 0 Å². The molecule has 0 heterocycles. The molecule has 8 heteroatoms. The first-order chi connectivity index (χ1) is 20.7. The number of carbonyl (C=O) groups is 2. The van der Waals surface area contributed by atoms with Gasteiger partial charge in [-0.2, -0.15) is 13.2 Å². The molecular formula is C35H54F3N3O2. The maximum Gasteiger partial charge on any atom is 0.471 e. The van der Waals surface area contributed by atoms with E-state index in [2.05, 4.69) is 12.2 Å². The summed E-state index contributed by atoms with van der Waals surface area (Å²) in [6.07, 6.45) is 12.9. The topological polar surface area (TPSA) is 52.7 Å². The van der Waals surface area contributed by atoms with Crippen LogP contribution in [0.25, 0.3) is 10.8 Å². The number of anilines is 2. The van der Waals surface area contributed by atoms with Gasteiger partial charge in [0.05, 0.1) is 5.69 Å².